The number of aromatic nitrogens is 1. The average molecular weight is 282 g/mol. The summed E-state index contributed by atoms with van der Waals surface area (Å²) >= 11 is 1.64. The monoisotopic (exact) mass is 282 g/mol. The van der Waals surface area contributed by atoms with Crippen LogP contribution >= 0.6 is 11.3 Å². The molecule has 1 saturated heterocycles. The Morgan fingerprint density at radius 2 is 2.11 bits per heavy atom. The van der Waals surface area contributed by atoms with Gasteiger partial charge in [-0.15, -0.1) is 0 Å². The van der Waals surface area contributed by atoms with Gasteiger partial charge in [-0.2, -0.15) is 0 Å². The fourth-order valence-electron chi connectivity index (χ4n) is 2.08. The summed E-state index contributed by atoms with van der Waals surface area (Å²) in [6, 6.07) is 6.06. The van der Waals surface area contributed by atoms with Gasteiger partial charge >= 0.3 is 0 Å². The minimum absolute atomic E-state index is 0.231. The zero-order valence-electron chi connectivity index (χ0n) is 10.3. The van der Waals surface area contributed by atoms with Crippen LogP contribution in [-0.4, -0.2) is 38.0 Å². The van der Waals surface area contributed by atoms with E-state index in [0.717, 1.165) is 10.6 Å². The second-order valence-corrected chi connectivity index (χ2v) is 8.08. The van der Waals surface area contributed by atoms with E-state index >= 15 is 0 Å². The molecule has 1 aromatic carbocycles. The smallest absolute Gasteiger partial charge is 0.186 e. The molecule has 0 bridgehead atoms. The summed E-state index contributed by atoms with van der Waals surface area (Å²) in [7, 11) is -2.91. The number of nitrogens with zero attached hydrogens (tertiary/aromatic N) is 2. The van der Waals surface area contributed by atoms with Crippen LogP contribution in [0.25, 0.3) is 10.2 Å². The Morgan fingerprint density at radius 1 is 1.39 bits per heavy atom. The number of thiazole rings is 1. The maximum Gasteiger partial charge on any atom is 0.186 e. The highest BCUT2D eigenvalue weighted by molar-refractivity contribution is 7.91. The van der Waals surface area contributed by atoms with Gasteiger partial charge in [0.25, 0.3) is 0 Å². The normalized spacial score (nSPS) is 17.1. The molecule has 3 rings (SSSR count). The van der Waals surface area contributed by atoms with Crippen LogP contribution in [0.4, 0.5) is 5.13 Å². The second kappa shape index (κ2) is 3.93. The molecule has 0 spiro atoms. The molecule has 1 aliphatic rings. The topological polar surface area (TPSA) is 50.3 Å². The Hall–Kier alpha value is -1.14. The number of benzene rings is 1. The van der Waals surface area contributed by atoms with Gasteiger partial charge < -0.3 is 4.90 Å². The molecule has 0 aliphatic carbocycles. The Morgan fingerprint density at radius 3 is 2.72 bits per heavy atom. The molecular formula is C12H14N2O2S2. The van der Waals surface area contributed by atoms with Crippen LogP contribution in [0.15, 0.2) is 18.2 Å². The van der Waals surface area contributed by atoms with Crippen LogP contribution in [-0.2, 0) is 9.84 Å². The molecule has 2 heterocycles. The third-order valence-electron chi connectivity index (χ3n) is 3.32. The van der Waals surface area contributed by atoms with Crippen LogP contribution < -0.4 is 4.90 Å². The molecule has 18 heavy (non-hydrogen) atoms. The van der Waals surface area contributed by atoms with E-state index in [-0.39, 0.29) is 5.25 Å². The largest absolute Gasteiger partial charge is 0.345 e. The quantitative estimate of drug-likeness (QED) is 0.843. The Kier molecular flexibility index (Phi) is 2.60. The third-order valence-corrected chi connectivity index (χ3v) is 6.10. The molecule has 1 aliphatic heterocycles. The van der Waals surface area contributed by atoms with Crippen molar-refractivity contribution in [3.05, 3.63) is 23.8 Å². The zero-order valence-corrected chi connectivity index (χ0v) is 11.9. The lowest BCUT2D eigenvalue weighted by atomic mass is 10.2. The van der Waals surface area contributed by atoms with E-state index in [9.17, 15) is 8.42 Å². The number of fused-ring (bicyclic) bond motifs is 1. The number of anilines is 1. The average Bonchev–Trinajstić information content (AvgIpc) is 2.57. The van der Waals surface area contributed by atoms with Crippen LogP contribution in [0.1, 0.15) is 5.56 Å². The molecule has 0 unspecified atom stereocenters. The molecule has 4 nitrogen and oxygen atoms in total. The van der Waals surface area contributed by atoms with Crippen molar-refractivity contribution in [2.75, 3.05) is 24.2 Å². The van der Waals surface area contributed by atoms with Crippen molar-refractivity contribution >= 4 is 36.5 Å². The molecule has 0 amide bonds. The van der Waals surface area contributed by atoms with Crippen LogP contribution in [0, 0.1) is 6.92 Å². The van der Waals surface area contributed by atoms with E-state index in [1.54, 1.807) is 11.3 Å². The zero-order chi connectivity index (χ0) is 12.9. The number of aryl methyl sites for hydroxylation is 1. The lowest BCUT2D eigenvalue weighted by Crippen LogP contribution is -2.54. The van der Waals surface area contributed by atoms with E-state index < -0.39 is 9.84 Å². The van der Waals surface area contributed by atoms with Gasteiger partial charge in [0.1, 0.15) is 0 Å². The minimum Gasteiger partial charge on any atom is -0.345 e. The van der Waals surface area contributed by atoms with E-state index in [4.69, 9.17) is 0 Å². The molecule has 6 heteroatoms. The van der Waals surface area contributed by atoms with E-state index in [2.05, 4.69) is 18.0 Å². The van der Waals surface area contributed by atoms with Gasteiger partial charge in [-0.25, -0.2) is 13.4 Å². The first-order chi connectivity index (χ1) is 8.45. The number of hydrogen-bond acceptors (Lipinski definition) is 5. The van der Waals surface area contributed by atoms with Gasteiger partial charge in [-0.1, -0.05) is 23.5 Å². The van der Waals surface area contributed by atoms with Gasteiger partial charge in [0.2, 0.25) is 0 Å². The van der Waals surface area contributed by atoms with Gasteiger partial charge in [0.15, 0.2) is 15.0 Å². The van der Waals surface area contributed by atoms with Crippen LogP contribution in [0.3, 0.4) is 0 Å². The number of sulfone groups is 1. The molecule has 1 aromatic heterocycles. The summed E-state index contributed by atoms with van der Waals surface area (Å²) in [4.78, 5) is 6.60. The van der Waals surface area contributed by atoms with Gasteiger partial charge in [-0.3, -0.25) is 0 Å². The first-order valence-electron chi connectivity index (χ1n) is 5.75. The molecule has 0 saturated carbocycles. The van der Waals surface area contributed by atoms with Crippen molar-refractivity contribution < 1.29 is 8.42 Å². The Balaban J connectivity index is 1.87. The summed E-state index contributed by atoms with van der Waals surface area (Å²) in [6.45, 7) is 3.20. The molecular weight excluding hydrogens is 268 g/mol. The first kappa shape index (κ1) is 11.9. The molecule has 0 N–H and O–H groups in total. The van der Waals surface area contributed by atoms with Gasteiger partial charge in [-0.05, 0) is 18.6 Å². The lowest BCUT2D eigenvalue weighted by Gasteiger charge is -2.37. The summed E-state index contributed by atoms with van der Waals surface area (Å²) < 4.78 is 23.9. The number of rotatable bonds is 2. The highest BCUT2D eigenvalue weighted by atomic mass is 32.2. The minimum atomic E-state index is -2.91. The fraction of sp³-hybridized carbons (Fsp3) is 0.417. The standard InChI is InChI=1S/C12H14N2O2S2/c1-8-4-3-5-10-11(8)17-12(13-10)14-6-9(7-14)18(2,15)16/h3-5,9H,6-7H2,1-2H3. The molecule has 96 valence electrons. The predicted molar refractivity (Wildman–Crippen MR) is 75.2 cm³/mol. The van der Waals surface area contributed by atoms with Crippen LogP contribution in [0.2, 0.25) is 0 Å². The molecule has 0 radical (unpaired) electrons. The Bertz CT molecular complexity index is 700. The maximum absolute atomic E-state index is 11.4. The predicted octanol–water partition coefficient (Wildman–Crippen LogP) is 1.84. The van der Waals surface area contributed by atoms with E-state index in [1.165, 1.54) is 16.5 Å². The van der Waals surface area contributed by atoms with Gasteiger partial charge in [0.05, 0.1) is 15.5 Å². The van der Waals surface area contributed by atoms with Crippen molar-refractivity contribution in [3.63, 3.8) is 0 Å². The fourth-order valence-corrected chi connectivity index (χ4v) is 4.03. The van der Waals surface area contributed by atoms with E-state index in [0.29, 0.717) is 13.1 Å². The lowest BCUT2D eigenvalue weighted by molar-refractivity contribution is 0.546. The Labute approximate surface area is 110 Å². The van der Waals surface area contributed by atoms with Crippen molar-refractivity contribution in [1.29, 1.82) is 0 Å². The van der Waals surface area contributed by atoms with Crippen LogP contribution in [0.5, 0.6) is 0 Å². The summed E-state index contributed by atoms with van der Waals surface area (Å²) in [5, 5.41) is 0.699. The summed E-state index contributed by atoms with van der Waals surface area (Å²) in [6.07, 6.45) is 1.30. The number of hydrogen-bond donors (Lipinski definition) is 0. The highest BCUT2D eigenvalue weighted by Gasteiger charge is 2.36. The van der Waals surface area contributed by atoms with Crippen molar-refractivity contribution in [1.82, 2.24) is 4.98 Å². The molecule has 2 aromatic rings. The molecule has 0 atom stereocenters. The van der Waals surface area contributed by atoms with E-state index in [1.807, 2.05) is 17.0 Å². The SMILES string of the molecule is Cc1cccc2nc(N3CC(S(C)(=O)=O)C3)sc12. The van der Waals surface area contributed by atoms with Crippen molar-refractivity contribution in [2.24, 2.45) is 0 Å². The molecule has 1 fully saturated rings. The maximum atomic E-state index is 11.4. The second-order valence-electron chi connectivity index (χ2n) is 4.78. The van der Waals surface area contributed by atoms with Crippen molar-refractivity contribution in [2.45, 2.75) is 12.2 Å². The van der Waals surface area contributed by atoms with Crippen molar-refractivity contribution in [3.8, 4) is 0 Å². The first-order valence-corrected chi connectivity index (χ1v) is 8.52. The third kappa shape index (κ3) is 1.89. The summed E-state index contributed by atoms with van der Waals surface area (Å²) in [5.74, 6) is 0. The summed E-state index contributed by atoms with van der Waals surface area (Å²) in [5.41, 5.74) is 2.22. The van der Waals surface area contributed by atoms with Gasteiger partial charge in [0, 0.05) is 19.3 Å². The highest BCUT2D eigenvalue weighted by Crippen LogP contribution is 2.34.